The third-order valence-electron chi connectivity index (χ3n) is 6.22. The zero-order valence-corrected chi connectivity index (χ0v) is 22.8. The average molecular weight is 525 g/mol. The highest BCUT2D eigenvalue weighted by atomic mass is 32.2. The Balaban J connectivity index is 1.52. The van der Waals surface area contributed by atoms with E-state index >= 15 is 0 Å². The van der Waals surface area contributed by atoms with Crippen molar-refractivity contribution in [3.63, 3.8) is 0 Å². The SMILES string of the molecule is Cc1cnc(Nc2ccc(OCCN3CCCC3)cc2)nc1N(c1cccc(S(N)(=O)=O)c1)C(C)(C)C. The summed E-state index contributed by atoms with van der Waals surface area (Å²) in [6.45, 7) is 12.0. The average Bonchev–Trinajstić information content (AvgIpc) is 3.35. The number of hydrogen-bond donors (Lipinski definition) is 2. The van der Waals surface area contributed by atoms with Crippen LogP contribution in [0.3, 0.4) is 0 Å². The number of aromatic nitrogens is 2. The minimum absolute atomic E-state index is 0.0482. The second-order valence-electron chi connectivity index (χ2n) is 10.3. The van der Waals surface area contributed by atoms with E-state index in [2.05, 4.69) is 15.2 Å². The van der Waals surface area contributed by atoms with Crippen molar-refractivity contribution in [1.29, 1.82) is 0 Å². The van der Waals surface area contributed by atoms with Crippen molar-refractivity contribution in [1.82, 2.24) is 14.9 Å². The zero-order valence-electron chi connectivity index (χ0n) is 21.9. The summed E-state index contributed by atoms with van der Waals surface area (Å²) in [5.74, 6) is 1.92. The van der Waals surface area contributed by atoms with Crippen LogP contribution >= 0.6 is 0 Å². The normalized spacial score (nSPS) is 14.5. The van der Waals surface area contributed by atoms with Crippen LogP contribution in [0, 0.1) is 6.92 Å². The van der Waals surface area contributed by atoms with Crippen LogP contribution in [0.5, 0.6) is 5.75 Å². The van der Waals surface area contributed by atoms with E-state index in [1.807, 2.05) is 62.9 Å². The van der Waals surface area contributed by atoms with Crippen LogP contribution in [0.2, 0.25) is 0 Å². The largest absolute Gasteiger partial charge is 0.492 e. The number of rotatable bonds is 9. The standard InChI is InChI=1S/C27H36N6O3S/c1-20-19-29-26(30-21-10-12-23(13-11-21)36-17-16-32-14-5-6-15-32)31-25(20)33(27(2,3)4)22-8-7-9-24(18-22)37(28,34)35/h7-13,18-19H,5-6,14-17H2,1-4H3,(H2,28,34,35)(H,29,30,31). The molecule has 0 unspecified atom stereocenters. The molecule has 37 heavy (non-hydrogen) atoms. The summed E-state index contributed by atoms with van der Waals surface area (Å²) in [5.41, 5.74) is 1.94. The van der Waals surface area contributed by atoms with Crippen LogP contribution in [-0.2, 0) is 10.0 Å². The van der Waals surface area contributed by atoms with E-state index in [1.165, 1.54) is 18.9 Å². The Bertz CT molecular complexity index is 1320. The Morgan fingerprint density at radius 1 is 1.11 bits per heavy atom. The van der Waals surface area contributed by atoms with Gasteiger partial charge >= 0.3 is 0 Å². The minimum atomic E-state index is -3.84. The molecule has 1 aliphatic rings. The number of primary sulfonamides is 1. The third-order valence-corrected chi connectivity index (χ3v) is 7.13. The van der Waals surface area contributed by atoms with Crippen LogP contribution in [0.1, 0.15) is 39.2 Å². The molecule has 2 aromatic carbocycles. The van der Waals surface area contributed by atoms with Crippen LogP contribution in [0.15, 0.2) is 59.6 Å². The Hall–Kier alpha value is -3.21. The number of likely N-dealkylation sites (tertiary alicyclic amines) is 1. The predicted molar refractivity (Wildman–Crippen MR) is 147 cm³/mol. The summed E-state index contributed by atoms with van der Waals surface area (Å²) in [4.78, 5) is 13.7. The van der Waals surface area contributed by atoms with Gasteiger partial charge in [-0.1, -0.05) is 6.07 Å². The Morgan fingerprint density at radius 2 is 1.81 bits per heavy atom. The predicted octanol–water partition coefficient (Wildman–Crippen LogP) is 4.59. The van der Waals surface area contributed by atoms with E-state index in [0.717, 1.165) is 36.6 Å². The number of nitrogens with two attached hydrogens (primary N) is 1. The first-order chi connectivity index (χ1) is 17.5. The summed E-state index contributed by atoms with van der Waals surface area (Å²) in [6, 6.07) is 14.3. The summed E-state index contributed by atoms with van der Waals surface area (Å²) in [7, 11) is -3.84. The van der Waals surface area contributed by atoms with Crippen molar-refractivity contribution < 1.29 is 13.2 Å². The quantitative estimate of drug-likeness (QED) is 0.418. The molecule has 1 aliphatic heterocycles. The first-order valence-electron chi connectivity index (χ1n) is 12.5. The highest BCUT2D eigenvalue weighted by molar-refractivity contribution is 7.89. The molecule has 0 amide bonds. The molecular formula is C27H36N6O3S. The summed E-state index contributed by atoms with van der Waals surface area (Å²) < 4.78 is 29.8. The highest BCUT2D eigenvalue weighted by Gasteiger charge is 2.27. The molecule has 0 radical (unpaired) electrons. The van der Waals surface area contributed by atoms with Gasteiger partial charge in [-0.25, -0.2) is 18.5 Å². The number of anilines is 4. The lowest BCUT2D eigenvalue weighted by Crippen LogP contribution is -2.39. The topological polar surface area (TPSA) is 114 Å². The summed E-state index contributed by atoms with van der Waals surface area (Å²) in [6.07, 6.45) is 4.31. The molecule has 0 atom stereocenters. The molecule has 2 heterocycles. The fourth-order valence-electron chi connectivity index (χ4n) is 4.41. The number of aryl methyl sites for hydroxylation is 1. The third kappa shape index (κ3) is 6.97. The lowest BCUT2D eigenvalue weighted by atomic mass is 10.0. The summed E-state index contributed by atoms with van der Waals surface area (Å²) in [5, 5.41) is 8.65. The Morgan fingerprint density at radius 3 is 2.46 bits per heavy atom. The molecule has 4 rings (SSSR count). The summed E-state index contributed by atoms with van der Waals surface area (Å²) >= 11 is 0. The monoisotopic (exact) mass is 524 g/mol. The molecule has 0 spiro atoms. The van der Waals surface area contributed by atoms with Crippen LogP contribution < -0.4 is 20.1 Å². The van der Waals surface area contributed by atoms with Gasteiger partial charge in [0.05, 0.1) is 4.90 Å². The molecule has 10 heteroatoms. The first kappa shape index (κ1) is 26.8. The second kappa shape index (κ2) is 11.0. The number of nitrogens with one attached hydrogen (secondary N) is 1. The Kier molecular flexibility index (Phi) is 8.01. The van der Waals surface area contributed by atoms with Gasteiger partial charge in [-0.3, -0.25) is 4.90 Å². The van der Waals surface area contributed by atoms with E-state index in [9.17, 15) is 8.42 Å². The lowest BCUT2D eigenvalue weighted by Gasteiger charge is -2.37. The molecule has 9 nitrogen and oxygen atoms in total. The number of hydrogen-bond acceptors (Lipinski definition) is 8. The van der Waals surface area contributed by atoms with Gasteiger partial charge in [0.15, 0.2) is 0 Å². The molecule has 1 aromatic heterocycles. The highest BCUT2D eigenvalue weighted by Crippen LogP contribution is 2.35. The zero-order chi connectivity index (χ0) is 26.6. The molecule has 1 fully saturated rings. The van der Waals surface area contributed by atoms with Gasteiger partial charge in [-0.15, -0.1) is 0 Å². The molecule has 198 valence electrons. The second-order valence-corrected chi connectivity index (χ2v) is 11.9. The number of benzene rings is 2. The number of ether oxygens (including phenoxy) is 1. The van der Waals surface area contributed by atoms with E-state index in [4.69, 9.17) is 14.9 Å². The van der Waals surface area contributed by atoms with Gasteiger partial charge in [0.25, 0.3) is 0 Å². The van der Waals surface area contributed by atoms with Gasteiger partial charge in [0, 0.05) is 35.2 Å². The van der Waals surface area contributed by atoms with Crippen LogP contribution in [0.4, 0.5) is 23.1 Å². The Labute approximate surface area is 219 Å². The van der Waals surface area contributed by atoms with Crippen molar-refractivity contribution in [2.75, 3.05) is 36.5 Å². The molecule has 0 saturated carbocycles. The van der Waals surface area contributed by atoms with E-state index in [1.54, 1.807) is 18.3 Å². The maximum atomic E-state index is 12.0. The minimum Gasteiger partial charge on any atom is -0.492 e. The van der Waals surface area contributed by atoms with E-state index in [-0.39, 0.29) is 4.90 Å². The molecule has 3 aromatic rings. The van der Waals surface area contributed by atoms with E-state index in [0.29, 0.717) is 24.1 Å². The van der Waals surface area contributed by atoms with Gasteiger partial charge in [0.1, 0.15) is 18.2 Å². The molecule has 0 aliphatic carbocycles. The van der Waals surface area contributed by atoms with Crippen molar-refractivity contribution in [3.05, 3.63) is 60.3 Å². The van der Waals surface area contributed by atoms with Gasteiger partial charge < -0.3 is 15.0 Å². The fourth-order valence-corrected chi connectivity index (χ4v) is 4.96. The van der Waals surface area contributed by atoms with Crippen molar-refractivity contribution in [3.8, 4) is 5.75 Å². The maximum Gasteiger partial charge on any atom is 0.238 e. The molecule has 3 N–H and O–H groups in total. The van der Waals surface area contributed by atoms with E-state index < -0.39 is 15.6 Å². The van der Waals surface area contributed by atoms with Crippen molar-refractivity contribution >= 4 is 33.2 Å². The number of nitrogens with zero attached hydrogens (tertiary/aromatic N) is 4. The lowest BCUT2D eigenvalue weighted by molar-refractivity contribution is 0.238. The van der Waals surface area contributed by atoms with Crippen molar-refractivity contribution in [2.45, 2.75) is 51.0 Å². The fraction of sp³-hybridized carbons (Fsp3) is 0.407. The smallest absolute Gasteiger partial charge is 0.238 e. The maximum absolute atomic E-state index is 12.0. The van der Waals surface area contributed by atoms with Crippen molar-refractivity contribution in [2.24, 2.45) is 5.14 Å². The molecular weight excluding hydrogens is 488 g/mol. The van der Waals surface area contributed by atoms with Crippen LogP contribution in [0.25, 0.3) is 0 Å². The molecule has 0 bridgehead atoms. The van der Waals surface area contributed by atoms with Gasteiger partial charge in [-0.05, 0) is 96.1 Å². The van der Waals surface area contributed by atoms with Gasteiger partial charge in [-0.2, -0.15) is 4.98 Å². The number of sulfonamides is 1. The first-order valence-corrected chi connectivity index (χ1v) is 14.0. The van der Waals surface area contributed by atoms with Gasteiger partial charge in [0.2, 0.25) is 16.0 Å². The molecule has 1 saturated heterocycles. The van der Waals surface area contributed by atoms with Crippen LogP contribution in [-0.4, -0.2) is 55.1 Å².